The molecule has 2 aromatic carbocycles. The fourth-order valence-corrected chi connectivity index (χ4v) is 2.96. The smallest absolute Gasteiger partial charge is 0.257 e. The van der Waals surface area contributed by atoms with Crippen LogP contribution in [0.2, 0.25) is 0 Å². The molecule has 134 valence electrons. The lowest BCUT2D eigenvalue weighted by atomic mass is 10.1. The molecule has 0 aliphatic rings. The van der Waals surface area contributed by atoms with Crippen molar-refractivity contribution in [3.63, 3.8) is 0 Å². The molecule has 0 fully saturated rings. The van der Waals surface area contributed by atoms with Crippen LogP contribution in [0.4, 0.5) is 5.69 Å². The lowest BCUT2D eigenvalue weighted by Gasteiger charge is -2.07. The second kappa shape index (κ2) is 7.06. The molecule has 1 aromatic heterocycles. The minimum absolute atomic E-state index is 0.252. The number of nitrogens with two attached hydrogens (primary N) is 1. The van der Waals surface area contributed by atoms with E-state index in [2.05, 4.69) is 15.5 Å². The van der Waals surface area contributed by atoms with E-state index in [1.165, 1.54) is 0 Å². The van der Waals surface area contributed by atoms with Gasteiger partial charge < -0.3 is 9.84 Å². The van der Waals surface area contributed by atoms with Crippen molar-refractivity contribution in [3.8, 4) is 11.5 Å². The van der Waals surface area contributed by atoms with Crippen molar-refractivity contribution in [1.82, 2.24) is 10.1 Å². The summed E-state index contributed by atoms with van der Waals surface area (Å²) in [5.74, 6) is 0.378. The number of rotatable bonds is 5. The van der Waals surface area contributed by atoms with Crippen LogP contribution in [-0.4, -0.2) is 24.5 Å². The number of nitrogens with one attached hydrogen (secondary N) is 1. The van der Waals surface area contributed by atoms with Crippen molar-refractivity contribution >= 4 is 21.6 Å². The maximum absolute atomic E-state index is 12.3. The molecule has 8 nitrogen and oxygen atoms in total. The van der Waals surface area contributed by atoms with E-state index in [9.17, 15) is 13.2 Å². The number of benzene rings is 2. The summed E-state index contributed by atoms with van der Waals surface area (Å²) in [6.45, 7) is 1.73. The van der Waals surface area contributed by atoms with Crippen LogP contribution in [0.3, 0.4) is 0 Å². The van der Waals surface area contributed by atoms with E-state index in [0.717, 1.165) is 5.56 Å². The summed E-state index contributed by atoms with van der Waals surface area (Å²) in [4.78, 5) is 16.4. The molecule has 1 amide bonds. The van der Waals surface area contributed by atoms with Crippen molar-refractivity contribution in [2.45, 2.75) is 12.7 Å². The van der Waals surface area contributed by atoms with Gasteiger partial charge in [-0.3, -0.25) is 4.79 Å². The number of aryl methyl sites for hydroxylation is 1. The molecule has 0 atom stereocenters. The number of hydrogen-bond acceptors (Lipinski definition) is 6. The first-order valence-corrected chi connectivity index (χ1v) is 9.33. The molecule has 0 unspecified atom stereocenters. The highest BCUT2D eigenvalue weighted by atomic mass is 32.2. The summed E-state index contributed by atoms with van der Waals surface area (Å²) in [5.41, 5.74) is 2.27. The Kier molecular flexibility index (Phi) is 4.83. The van der Waals surface area contributed by atoms with E-state index in [1.807, 2.05) is 0 Å². The fraction of sp³-hybridized carbons (Fsp3) is 0.118. The zero-order chi connectivity index (χ0) is 18.7. The Labute approximate surface area is 150 Å². The molecule has 0 bridgehead atoms. The number of anilines is 1. The molecule has 0 aliphatic carbocycles. The Bertz CT molecular complexity index is 1030. The maximum Gasteiger partial charge on any atom is 0.257 e. The Morgan fingerprint density at radius 2 is 1.77 bits per heavy atom. The third-order valence-corrected chi connectivity index (χ3v) is 4.24. The molecule has 0 radical (unpaired) electrons. The third-order valence-electron chi connectivity index (χ3n) is 3.50. The average molecular weight is 372 g/mol. The van der Waals surface area contributed by atoms with Crippen LogP contribution in [0.25, 0.3) is 11.5 Å². The van der Waals surface area contributed by atoms with E-state index in [0.29, 0.717) is 28.5 Å². The predicted octanol–water partition coefficient (Wildman–Crippen LogP) is 2.09. The van der Waals surface area contributed by atoms with Gasteiger partial charge in [-0.1, -0.05) is 17.3 Å². The topological polar surface area (TPSA) is 128 Å². The molecule has 3 rings (SSSR count). The first-order chi connectivity index (χ1) is 12.3. The van der Waals surface area contributed by atoms with Crippen molar-refractivity contribution < 1.29 is 17.7 Å². The number of aromatic nitrogens is 2. The first kappa shape index (κ1) is 17.8. The maximum atomic E-state index is 12.3. The lowest BCUT2D eigenvalue weighted by molar-refractivity contribution is 0.102. The van der Waals surface area contributed by atoms with Gasteiger partial charge in [0.1, 0.15) is 0 Å². The van der Waals surface area contributed by atoms with Gasteiger partial charge in [-0.2, -0.15) is 4.98 Å². The highest BCUT2D eigenvalue weighted by Gasteiger charge is 2.10. The van der Waals surface area contributed by atoms with Crippen molar-refractivity contribution in [1.29, 1.82) is 0 Å². The number of hydrogen-bond donors (Lipinski definition) is 2. The second-order valence-electron chi connectivity index (χ2n) is 5.68. The summed E-state index contributed by atoms with van der Waals surface area (Å²) in [5, 5.41) is 11.5. The average Bonchev–Trinajstić information content (AvgIpc) is 3.02. The molecule has 0 saturated carbocycles. The van der Waals surface area contributed by atoms with Gasteiger partial charge in [-0.25, -0.2) is 13.6 Å². The molecule has 1 heterocycles. The zero-order valence-corrected chi connectivity index (χ0v) is 14.7. The van der Waals surface area contributed by atoms with E-state index >= 15 is 0 Å². The minimum atomic E-state index is -3.59. The lowest BCUT2D eigenvalue weighted by Crippen LogP contribution is -2.15. The van der Waals surface area contributed by atoms with Crippen LogP contribution in [0.15, 0.2) is 53.1 Å². The fourth-order valence-electron chi connectivity index (χ4n) is 2.30. The second-order valence-corrected chi connectivity index (χ2v) is 7.30. The molecular formula is C17H16N4O4S. The molecule has 0 saturated heterocycles. The standard InChI is InChI=1S/C17H16N4O4S/c1-11-19-17(25-21-11)14-6-4-13(5-7-14)16(22)20-15-8-2-12(3-9-15)10-26(18,23)24/h2-9H,10H2,1H3,(H,20,22)(H2,18,23,24). The van der Waals surface area contributed by atoms with Gasteiger partial charge >= 0.3 is 0 Å². The van der Waals surface area contributed by atoms with Crippen molar-refractivity contribution in [2.24, 2.45) is 5.14 Å². The van der Waals surface area contributed by atoms with Gasteiger partial charge in [0.25, 0.3) is 11.8 Å². The molecule has 26 heavy (non-hydrogen) atoms. The van der Waals surface area contributed by atoms with Gasteiger partial charge in [-0.15, -0.1) is 0 Å². The molecule has 0 spiro atoms. The number of carbonyl (C=O) groups excluding carboxylic acids is 1. The van der Waals surface area contributed by atoms with Crippen LogP contribution in [0.1, 0.15) is 21.7 Å². The normalized spacial score (nSPS) is 11.3. The third kappa shape index (κ3) is 4.52. The Hall–Kier alpha value is -3.04. The number of carbonyl (C=O) groups is 1. The van der Waals surface area contributed by atoms with Crippen LogP contribution < -0.4 is 10.5 Å². The van der Waals surface area contributed by atoms with Gasteiger partial charge in [0.05, 0.1) is 5.75 Å². The van der Waals surface area contributed by atoms with Crippen molar-refractivity contribution in [3.05, 3.63) is 65.5 Å². The highest BCUT2D eigenvalue weighted by molar-refractivity contribution is 7.88. The molecule has 9 heteroatoms. The van der Waals surface area contributed by atoms with E-state index in [1.54, 1.807) is 55.5 Å². The van der Waals surface area contributed by atoms with E-state index in [4.69, 9.17) is 9.66 Å². The van der Waals surface area contributed by atoms with Gasteiger partial charge in [0.15, 0.2) is 5.82 Å². The largest absolute Gasteiger partial charge is 0.334 e. The van der Waals surface area contributed by atoms with Crippen LogP contribution in [0, 0.1) is 6.92 Å². The van der Waals surface area contributed by atoms with Crippen LogP contribution >= 0.6 is 0 Å². The predicted molar refractivity (Wildman–Crippen MR) is 95.7 cm³/mol. The quantitative estimate of drug-likeness (QED) is 0.706. The van der Waals surface area contributed by atoms with Crippen LogP contribution in [-0.2, 0) is 15.8 Å². The molecule has 0 aliphatic heterocycles. The first-order valence-electron chi connectivity index (χ1n) is 7.62. The van der Waals surface area contributed by atoms with E-state index < -0.39 is 10.0 Å². The summed E-state index contributed by atoms with van der Waals surface area (Å²) in [7, 11) is -3.59. The summed E-state index contributed by atoms with van der Waals surface area (Å²) in [6, 6.07) is 13.2. The number of nitrogens with zero attached hydrogens (tertiary/aromatic N) is 2. The minimum Gasteiger partial charge on any atom is -0.334 e. The van der Waals surface area contributed by atoms with Gasteiger partial charge in [0.2, 0.25) is 10.0 Å². The van der Waals surface area contributed by atoms with Crippen LogP contribution in [0.5, 0.6) is 0 Å². The summed E-state index contributed by atoms with van der Waals surface area (Å²) >= 11 is 0. The Balaban J connectivity index is 1.68. The van der Waals surface area contributed by atoms with E-state index in [-0.39, 0.29) is 11.7 Å². The van der Waals surface area contributed by atoms with Gasteiger partial charge in [-0.05, 0) is 48.9 Å². The Morgan fingerprint density at radius 3 is 2.31 bits per heavy atom. The summed E-state index contributed by atoms with van der Waals surface area (Å²) < 4.78 is 27.2. The van der Waals surface area contributed by atoms with Crippen molar-refractivity contribution in [2.75, 3.05) is 5.32 Å². The SMILES string of the molecule is Cc1noc(-c2ccc(C(=O)Nc3ccc(CS(N)(=O)=O)cc3)cc2)n1. The number of primary sulfonamides is 1. The zero-order valence-electron chi connectivity index (χ0n) is 13.8. The monoisotopic (exact) mass is 372 g/mol. The summed E-state index contributed by atoms with van der Waals surface area (Å²) in [6.07, 6.45) is 0. The Morgan fingerprint density at radius 1 is 1.12 bits per heavy atom. The molecule has 3 N–H and O–H groups in total. The molecular weight excluding hydrogens is 356 g/mol. The number of sulfonamides is 1. The van der Waals surface area contributed by atoms with Gasteiger partial charge in [0, 0.05) is 16.8 Å². The molecule has 3 aromatic rings. The highest BCUT2D eigenvalue weighted by Crippen LogP contribution is 2.18. The number of amides is 1.